The molecule has 0 bridgehead atoms. The number of hydrogen-bond donors (Lipinski definition) is 1. The standard InChI is InChI=1S/C13H18N2OS/c16-13(15-11-5-4-8-14-9-11)10-17-12-6-2-1-3-7-12/h4-5,8-9,12H,1-3,6-7,10H2,(H,15,16). The van der Waals surface area contributed by atoms with E-state index in [4.69, 9.17) is 0 Å². The van der Waals surface area contributed by atoms with Gasteiger partial charge in [-0.1, -0.05) is 19.3 Å². The molecule has 2 rings (SSSR count). The van der Waals surface area contributed by atoms with Crippen LogP contribution < -0.4 is 5.32 Å². The maximum Gasteiger partial charge on any atom is 0.234 e. The summed E-state index contributed by atoms with van der Waals surface area (Å²) in [6.45, 7) is 0. The van der Waals surface area contributed by atoms with Crippen LogP contribution in [0.1, 0.15) is 32.1 Å². The van der Waals surface area contributed by atoms with Crippen molar-refractivity contribution in [3.05, 3.63) is 24.5 Å². The fourth-order valence-electron chi connectivity index (χ4n) is 2.06. The molecule has 1 saturated carbocycles. The van der Waals surface area contributed by atoms with Crippen molar-refractivity contribution >= 4 is 23.4 Å². The predicted octanol–water partition coefficient (Wildman–Crippen LogP) is 3.09. The third-order valence-electron chi connectivity index (χ3n) is 2.95. The summed E-state index contributed by atoms with van der Waals surface area (Å²) in [5.74, 6) is 0.633. The number of amides is 1. The van der Waals surface area contributed by atoms with E-state index in [1.807, 2.05) is 12.1 Å². The first-order valence-electron chi connectivity index (χ1n) is 6.16. The van der Waals surface area contributed by atoms with Crippen LogP contribution in [0.25, 0.3) is 0 Å². The molecule has 0 unspecified atom stereocenters. The molecule has 1 heterocycles. The molecule has 0 spiro atoms. The van der Waals surface area contributed by atoms with Crippen molar-refractivity contribution in [2.75, 3.05) is 11.1 Å². The highest BCUT2D eigenvalue weighted by molar-refractivity contribution is 8.00. The maximum atomic E-state index is 11.7. The lowest BCUT2D eigenvalue weighted by Crippen LogP contribution is -2.17. The monoisotopic (exact) mass is 250 g/mol. The quantitative estimate of drug-likeness (QED) is 0.893. The summed E-state index contributed by atoms with van der Waals surface area (Å²) in [5.41, 5.74) is 0.779. The molecule has 1 N–H and O–H groups in total. The molecule has 4 heteroatoms. The van der Waals surface area contributed by atoms with Gasteiger partial charge in [-0.15, -0.1) is 11.8 Å². The Morgan fingerprint density at radius 2 is 2.24 bits per heavy atom. The van der Waals surface area contributed by atoms with Crippen molar-refractivity contribution in [2.24, 2.45) is 0 Å². The summed E-state index contributed by atoms with van der Waals surface area (Å²) >= 11 is 1.79. The van der Waals surface area contributed by atoms with E-state index in [0.717, 1.165) is 5.69 Å². The van der Waals surface area contributed by atoms with Gasteiger partial charge in [0.15, 0.2) is 0 Å². The number of thioether (sulfide) groups is 1. The molecular weight excluding hydrogens is 232 g/mol. The zero-order valence-electron chi connectivity index (χ0n) is 9.89. The highest BCUT2D eigenvalue weighted by Crippen LogP contribution is 2.28. The summed E-state index contributed by atoms with van der Waals surface area (Å²) in [7, 11) is 0. The molecule has 0 aromatic carbocycles. The van der Waals surface area contributed by atoms with Crippen molar-refractivity contribution in [1.82, 2.24) is 4.98 Å². The van der Waals surface area contributed by atoms with Gasteiger partial charge in [-0.2, -0.15) is 0 Å². The highest BCUT2D eigenvalue weighted by Gasteiger charge is 2.15. The average Bonchev–Trinajstić information content (AvgIpc) is 2.39. The summed E-state index contributed by atoms with van der Waals surface area (Å²) in [6.07, 6.45) is 9.91. The number of hydrogen-bond acceptors (Lipinski definition) is 3. The number of nitrogens with one attached hydrogen (secondary N) is 1. The topological polar surface area (TPSA) is 42.0 Å². The van der Waals surface area contributed by atoms with Crippen molar-refractivity contribution in [2.45, 2.75) is 37.4 Å². The summed E-state index contributed by atoms with van der Waals surface area (Å²) in [6, 6.07) is 3.68. The molecule has 1 fully saturated rings. The first-order chi connectivity index (χ1) is 8.34. The van der Waals surface area contributed by atoms with Crippen LogP contribution in [0.4, 0.5) is 5.69 Å². The lowest BCUT2D eigenvalue weighted by Gasteiger charge is -2.20. The van der Waals surface area contributed by atoms with Crippen LogP contribution in [0.5, 0.6) is 0 Å². The van der Waals surface area contributed by atoms with Crippen LogP contribution in [0.3, 0.4) is 0 Å². The Kier molecular flexibility index (Phi) is 4.86. The molecule has 1 aromatic rings. The fraction of sp³-hybridized carbons (Fsp3) is 0.538. The molecule has 0 radical (unpaired) electrons. The number of carbonyl (C=O) groups excluding carboxylic acids is 1. The molecule has 1 aromatic heterocycles. The van der Waals surface area contributed by atoms with Crippen LogP contribution in [0.2, 0.25) is 0 Å². The zero-order valence-corrected chi connectivity index (χ0v) is 10.7. The predicted molar refractivity (Wildman–Crippen MR) is 72.2 cm³/mol. The van der Waals surface area contributed by atoms with E-state index in [-0.39, 0.29) is 5.91 Å². The molecule has 1 amide bonds. The van der Waals surface area contributed by atoms with E-state index < -0.39 is 0 Å². The SMILES string of the molecule is O=C(CSC1CCCCC1)Nc1cccnc1. The van der Waals surface area contributed by atoms with E-state index in [1.54, 1.807) is 24.2 Å². The van der Waals surface area contributed by atoms with Gasteiger partial charge in [0.2, 0.25) is 5.91 Å². The Hall–Kier alpha value is -1.03. The summed E-state index contributed by atoms with van der Waals surface area (Å²) in [4.78, 5) is 15.7. The number of aromatic nitrogens is 1. The van der Waals surface area contributed by atoms with Crippen molar-refractivity contribution in [3.63, 3.8) is 0 Å². The lowest BCUT2D eigenvalue weighted by molar-refractivity contribution is -0.113. The van der Waals surface area contributed by atoms with Gasteiger partial charge in [0.05, 0.1) is 17.6 Å². The third-order valence-corrected chi connectivity index (χ3v) is 4.32. The molecule has 3 nitrogen and oxygen atoms in total. The second kappa shape index (κ2) is 6.64. The Bertz CT molecular complexity index is 350. The molecule has 0 aliphatic heterocycles. The number of nitrogens with zero attached hydrogens (tertiary/aromatic N) is 1. The van der Waals surface area contributed by atoms with Gasteiger partial charge >= 0.3 is 0 Å². The highest BCUT2D eigenvalue weighted by atomic mass is 32.2. The van der Waals surface area contributed by atoms with Gasteiger partial charge in [0.25, 0.3) is 0 Å². The van der Waals surface area contributed by atoms with Crippen molar-refractivity contribution in [1.29, 1.82) is 0 Å². The fourth-order valence-corrected chi connectivity index (χ4v) is 3.19. The van der Waals surface area contributed by atoms with Gasteiger partial charge in [0, 0.05) is 11.4 Å². The van der Waals surface area contributed by atoms with Crippen LogP contribution in [0, 0.1) is 0 Å². The van der Waals surface area contributed by atoms with Gasteiger partial charge in [-0.05, 0) is 25.0 Å². The molecule has 0 saturated heterocycles. The van der Waals surface area contributed by atoms with E-state index in [1.165, 1.54) is 32.1 Å². The Balaban J connectivity index is 1.70. The van der Waals surface area contributed by atoms with Gasteiger partial charge < -0.3 is 5.32 Å². The molecule has 0 atom stereocenters. The molecular formula is C13H18N2OS. The average molecular weight is 250 g/mol. The summed E-state index contributed by atoms with van der Waals surface area (Å²) < 4.78 is 0. The first kappa shape index (κ1) is 12.4. The van der Waals surface area contributed by atoms with E-state index in [2.05, 4.69) is 10.3 Å². The molecule has 17 heavy (non-hydrogen) atoms. The normalized spacial score (nSPS) is 16.7. The van der Waals surface area contributed by atoms with Crippen LogP contribution in [-0.4, -0.2) is 21.9 Å². The minimum absolute atomic E-state index is 0.0774. The Morgan fingerprint density at radius 3 is 2.94 bits per heavy atom. The number of anilines is 1. The van der Waals surface area contributed by atoms with Crippen molar-refractivity contribution < 1.29 is 4.79 Å². The molecule has 1 aliphatic rings. The molecule has 92 valence electrons. The largest absolute Gasteiger partial charge is 0.324 e. The van der Waals surface area contributed by atoms with Gasteiger partial charge in [0.1, 0.15) is 0 Å². The zero-order chi connectivity index (χ0) is 11.9. The van der Waals surface area contributed by atoms with Crippen LogP contribution in [-0.2, 0) is 4.79 Å². The molecule has 1 aliphatic carbocycles. The third kappa shape index (κ3) is 4.38. The smallest absolute Gasteiger partial charge is 0.234 e. The second-order valence-electron chi connectivity index (χ2n) is 4.36. The van der Waals surface area contributed by atoms with E-state index in [9.17, 15) is 4.79 Å². The number of pyridine rings is 1. The maximum absolute atomic E-state index is 11.7. The Labute approximate surface area is 106 Å². The van der Waals surface area contributed by atoms with E-state index >= 15 is 0 Å². The number of rotatable bonds is 4. The summed E-state index contributed by atoms with van der Waals surface area (Å²) in [5, 5.41) is 3.54. The van der Waals surface area contributed by atoms with Gasteiger partial charge in [-0.3, -0.25) is 9.78 Å². The first-order valence-corrected chi connectivity index (χ1v) is 7.21. The van der Waals surface area contributed by atoms with Crippen LogP contribution in [0.15, 0.2) is 24.5 Å². The lowest BCUT2D eigenvalue weighted by atomic mass is 10.0. The Morgan fingerprint density at radius 1 is 1.41 bits per heavy atom. The van der Waals surface area contributed by atoms with Gasteiger partial charge in [-0.25, -0.2) is 0 Å². The minimum Gasteiger partial charge on any atom is -0.324 e. The van der Waals surface area contributed by atoms with Crippen LogP contribution >= 0.6 is 11.8 Å². The van der Waals surface area contributed by atoms with Crippen molar-refractivity contribution in [3.8, 4) is 0 Å². The second-order valence-corrected chi connectivity index (χ2v) is 5.65. The number of carbonyl (C=O) groups is 1. The minimum atomic E-state index is 0.0774. The van der Waals surface area contributed by atoms with E-state index in [0.29, 0.717) is 11.0 Å².